The summed E-state index contributed by atoms with van der Waals surface area (Å²) in [6.45, 7) is 9.26. The van der Waals surface area contributed by atoms with Gasteiger partial charge in [-0.2, -0.15) is 0 Å². The van der Waals surface area contributed by atoms with E-state index in [-0.39, 0.29) is 29.9 Å². The molecule has 0 fully saturated rings. The van der Waals surface area contributed by atoms with Gasteiger partial charge in [0.2, 0.25) is 0 Å². The summed E-state index contributed by atoms with van der Waals surface area (Å²) < 4.78 is 12.0. The summed E-state index contributed by atoms with van der Waals surface area (Å²) in [4.78, 5) is 30.2. The van der Waals surface area contributed by atoms with E-state index in [9.17, 15) is 9.59 Å². The number of ether oxygens (including phenoxy) is 2. The van der Waals surface area contributed by atoms with Crippen LogP contribution in [0.15, 0.2) is 48.5 Å². The van der Waals surface area contributed by atoms with Crippen molar-refractivity contribution in [2.45, 2.75) is 39.3 Å². The van der Waals surface area contributed by atoms with Gasteiger partial charge in [0, 0.05) is 44.5 Å². The largest absolute Gasteiger partial charge is 0.491 e. The average Bonchev–Trinajstić information content (AvgIpc) is 2.85. The van der Waals surface area contributed by atoms with Gasteiger partial charge in [-0.25, -0.2) is 0 Å². The van der Waals surface area contributed by atoms with Gasteiger partial charge < -0.3 is 19.7 Å². The van der Waals surface area contributed by atoms with Crippen molar-refractivity contribution >= 4 is 17.5 Å². The van der Waals surface area contributed by atoms with Crippen molar-refractivity contribution in [3.63, 3.8) is 0 Å². The first-order valence-electron chi connectivity index (χ1n) is 12.0. The van der Waals surface area contributed by atoms with Gasteiger partial charge in [-0.3, -0.25) is 14.5 Å². The number of methoxy groups -OCH3 is 1. The molecule has 0 radical (unpaired) electrons. The van der Waals surface area contributed by atoms with Crippen LogP contribution in [0, 0.1) is 5.92 Å². The SMILES string of the molecule is CCCN1C[C@@H](C)[C@H](OC)CN(C)C(=O)c2cc(NC(=O)c3ccccc3)ccc2OC[C@@H]1C. The van der Waals surface area contributed by atoms with Crippen LogP contribution in [0.3, 0.4) is 0 Å². The van der Waals surface area contributed by atoms with Crippen LogP contribution in [0.2, 0.25) is 0 Å². The smallest absolute Gasteiger partial charge is 0.257 e. The highest BCUT2D eigenvalue weighted by atomic mass is 16.5. The lowest BCUT2D eigenvalue weighted by molar-refractivity contribution is 0.0108. The molecule has 1 N–H and O–H groups in total. The van der Waals surface area contributed by atoms with Gasteiger partial charge in [0.15, 0.2) is 0 Å². The Morgan fingerprint density at radius 1 is 1.15 bits per heavy atom. The lowest BCUT2D eigenvalue weighted by atomic mass is 10.0. The number of anilines is 1. The summed E-state index contributed by atoms with van der Waals surface area (Å²) in [5.74, 6) is 0.358. The standard InChI is InChI=1S/C27H37N3O4/c1-6-14-30-16-19(2)25(33-5)17-29(4)27(32)23-15-22(12-13-24(23)34-18-20(30)3)28-26(31)21-10-8-7-9-11-21/h7-13,15,19-20,25H,6,14,16-18H2,1-5H3,(H,28,31)/t19-,20+,25-/m1/s1. The third-order valence-electron chi connectivity index (χ3n) is 6.38. The van der Waals surface area contributed by atoms with Crippen LogP contribution in [-0.4, -0.2) is 74.2 Å². The molecule has 0 aromatic heterocycles. The summed E-state index contributed by atoms with van der Waals surface area (Å²) in [6.07, 6.45) is 0.957. The molecule has 1 aliphatic rings. The number of nitrogens with zero attached hydrogens (tertiary/aromatic N) is 2. The molecule has 0 aliphatic carbocycles. The molecule has 1 heterocycles. The van der Waals surface area contributed by atoms with Crippen LogP contribution >= 0.6 is 0 Å². The molecule has 3 rings (SSSR count). The van der Waals surface area contributed by atoms with Crippen molar-refractivity contribution in [3.05, 3.63) is 59.7 Å². The van der Waals surface area contributed by atoms with Crippen molar-refractivity contribution in [1.29, 1.82) is 0 Å². The Labute approximate surface area is 203 Å². The number of fused-ring (bicyclic) bond motifs is 1. The first-order chi connectivity index (χ1) is 16.3. The zero-order valence-corrected chi connectivity index (χ0v) is 20.9. The minimum absolute atomic E-state index is 0.0923. The van der Waals surface area contributed by atoms with Gasteiger partial charge >= 0.3 is 0 Å². The highest BCUT2D eigenvalue weighted by Crippen LogP contribution is 2.27. The Morgan fingerprint density at radius 3 is 2.56 bits per heavy atom. The minimum Gasteiger partial charge on any atom is -0.491 e. The van der Waals surface area contributed by atoms with Crippen LogP contribution < -0.4 is 10.1 Å². The molecule has 7 nitrogen and oxygen atoms in total. The summed E-state index contributed by atoms with van der Waals surface area (Å²) >= 11 is 0. The lowest BCUT2D eigenvalue weighted by Crippen LogP contribution is -2.46. The molecule has 0 saturated heterocycles. The fourth-order valence-corrected chi connectivity index (χ4v) is 4.32. The van der Waals surface area contributed by atoms with Gasteiger partial charge in [0.1, 0.15) is 12.4 Å². The van der Waals surface area contributed by atoms with E-state index in [0.29, 0.717) is 35.7 Å². The summed E-state index contributed by atoms with van der Waals surface area (Å²) in [7, 11) is 3.48. The quantitative estimate of drug-likeness (QED) is 0.715. The maximum Gasteiger partial charge on any atom is 0.257 e. The fraction of sp³-hybridized carbons (Fsp3) is 0.481. The van der Waals surface area contributed by atoms with E-state index >= 15 is 0 Å². The molecule has 7 heteroatoms. The van der Waals surface area contributed by atoms with Crippen molar-refractivity contribution in [2.75, 3.05) is 45.7 Å². The van der Waals surface area contributed by atoms with Crippen LogP contribution in [0.1, 0.15) is 47.9 Å². The molecule has 2 aromatic carbocycles. The summed E-state index contributed by atoms with van der Waals surface area (Å²) in [5, 5.41) is 2.89. The highest BCUT2D eigenvalue weighted by molar-refractivity contribution is 6.05. The highest BCUT2D eigenvalue weighted by Gasteiger charge is 2.28. The Bertz CT molecular complexity index is 966. The molecular formula is C27H37N3O4. The second kappa shape index (κ2) is 12.0. The third-order valence-corrected chi connectivity index (χ3v) is 6.38. The predicted molar refractivity (Wildman–Crippen MR) is 135 cm³/mol. The molecular weight excluding hydrogens is 430 g/mol. The molecule has 2 amide bonds. The lowest BCUT2D eigenvalue weighted by Gasteiger charge is -2.35. The van der Waals surface area contributed by atoms with Crippen molar-refractivity contribution in [1.82, 2.24) is 9.80 Å². The molecule has 2 aromatic rings. The van der Waals surface area contributed by atoms with E-state index in [2.05, 4.69) is 31.0 Å². The van der Waals surface area contributed by atoms with E-state index in [1.165, 1.54) is 0 Å². The minimum atomic E-state index is -0.229. The molecule has 3 atom stereocenters. The summed E-state index contributed by atoms with van der Waals surface area (Å²) in [6, 6.07) is 14.4. The van der Waals surface area contributed by atoms with Crippen molar-refractivity contribution < 1.29 is 19.1 Å². The molecule has 0 spiro atoms. The van der Waals surface area contributed by atoms with Gasteiger partial charge in [-0.05, 0) is 56.1 Å². The number of hydrogen-bond donors (Lipinski definition) is 1. The van der Waals surface area contributed by atoms with Gasteiger partial charge in [0.05, 0.1) is 11.7 Å². The Hall–Kier alpha value is -2.90. The van der Waals surface area contributed by atoms with Crippen molar-refractivity contribution in [2.24, 2.45) is 5.92 Å². The summed E-state index contributed by atoms with van der Waals surface area (Å²) in [5.41, 5.74) is 1.52. The molecule has 34 heavy (non-hydrogen) atoms. The van der Waals surface area contributed by atoms with E-state index in [4.69, 9.17) is 9.47 Å². The maximum atomic E-state index is 13.4. The van der Waals surface area contributed by atoms with Crippen LogP contribution in [0.25, 0.3) is 0 Å². The van der Waals surface area contributed by atoms with Gasteiger partial charge in [0.25, 0.3) is 11.8 Å². The fourth-order valence-electron chi connectivity index (χ4n) is 4.32. The molecule has 0 saturated carbocycles. The van der Waals surface area contributed by atoms with E-state index < -0.39 is 0 Å². The van der Waals surface area contributed by atoms with Crippen LogP contribution in [0.5, 0.6) is 5.75 Å². The average molecular weight is 468 g/mol. The Balaban J connectivity index is 1.91. The number of hydrogen-bond acceptors (Lipinski definition) is 5. The Morgan fingerprint density at radius 2 is 1.88 bits per heavy atom. The third kappa shape index (κ3) is 6.36. The number of carbonyl (C=O) groups excluding carboxylic acids is 2. The van der Waals surface area contributed by atoms with E-state index in [1.807, 2.05) is 18.2 Å². The van der Waals surface area contributed by atoms with Gasteiger partial charge in [-0.15, -0.1) is 0 Å². The van der Waals surface area contributed by atoms with Crippen LogP contribution in [-0.2, 0) is 4.74 Å². The number of benzene rings is 2. The zero-order valence-electron chi connectivity index (χ0n) is 20.9. The maximum absolute atomic E-state index is 13.4. The number of carbonyl (C=O) groups is 2. The first-order valence-corrected chi connectivity index (χ1v) is 12.0. The molecule has 184 valence electrons. The molecule has 0 bridgehead atoms. The molecule has 1 aliphatic heterocycles. The zero-order chi connectivity index (χ0) is 24.7. The second-order valence-corrected chi connectivity index (χ2v) is 9.12. The van der Waals surface area contributed by atoms with Crippen molar-refractivity contribution in [3.8, 4) is 5.75 Å². The number of rotatable bonds is 5. The number of likely N-dealkylation sites (N-methyl/N-ethyl adjacent to an activating group) is 1. The van der Waals surface area contributed by atoms with Gasteiger partial charge in [-0.1, -0.05) is 32.0 Å². The predicted octanol–water partition coefficient (Wildman–Crippen LogP) is 4.15. The van der Waals surface area contributed by atoms with E-state index in [0.717, 1.165) is 19.5 Å². The van der Waals surface area contributed by atoms with E-state index in [1.54, 1.807) is 49.4 Å². The molecule has 0 unspecified atom stereocenters. The second-order valence-electron chi connectivity index (χ2n) is 9.12. The van der Waals surface area contributed by atoms with Crippen LogP contribution in [0.4, 0.5) is 5.69 Å². The number of amides is 2. The topological polar surface area (TPSA) is 71.1 Å². The monoisotopic (exact) mass is 467 g/mol. The normalized spacial score (nSPS) is 22.2. The first kappa shape index (κ1) is 25.7. The Kier molecular flexibility index (Phi) is 9.07. The number of nitrogens with one attached hydrogen (secondary N) is 1.